The van der Waals surface area contributed by atoms with Gasteiger partial charge in [0.05, 0.1) is 5.69 Å². The molecule has 2 aromatic rings. The molecule has 0 bridgehead atoms. The summed E-state index contributed by atoms with van der Waals surface area (Å²) in [5.74, 6) is -0.148. The molecule has 1 aromatic carbocycles. The summed E-state index contributed by atoms with van der Waals surface area (Å²) in [6, 6.07) is 5.81. The van der Waals surface area contributed by atoms with Crippen molar-refractivity contribution >= 4 is 48.9 Å². The average Bonchev–Trinajstić information content (AvgIpc) is 2.73. The van der Waals surface area contributed by atoms with Crippen molar-refractivity contribution in [2.75, 3.05) is 12.3 Å². The van der Waals surface area contributed by atoms with Crippen LogP contribution in [0.15, 0.2) is 22.7 Å². The number of nitrogens with one attached hydrogen (secondary N) is 1. The molecule has 1 unspecified atom stereocenters. The Labute approximate surface area is 130 Å². The smallest absolute Gasteiger partial charge is 0.263 e. The molecule has 1 aromatic heterocycles. The van der Waals surface area contributed by atoms with Gasteiger partial charge in [0, 0.05) is 27.2 Å². The van der Waals surface area contributed by atoms with Crippen LogP contribution in [0, 0.1) is 0 Å². The maximum Gasteiger partial charge on any atom is 0.263 e. The molecule has 0 aliphatic heterocycles. The highest BCUT2D eigenvalue weighted by Gasteiger charge is 2.17. The van der Waals surface area contributed by atoms with E-state index in [9.17, 15) is 4.79 Å². The fraction of sp³-hybridized carbons (Fsp3) is 0.357. The molecule has 0 spiro atoms. The SMILES string of the molecule is CC(CCCO)NC(=O)c1sc2cc(Br)ccc2c1N. The molecule has 1 amide bonds. The topological polar surface area (TPSA) is 75.3 Å². The lowest BCUT2D eigenvalue weighted by molar-refractivity contribution is 0.0941. The number of carbonyl (C=O) groups is 1. The first-order chi connectivity index (χ1) is 9.52. The Hall–Kier alpha value is -1.11. The average molecular weight is 357 g/mol. The van der Waals surface area contributed by atoms with Gasteiger partial charge < -0.3 is 16.2 Å². The van der Waals surface area contributed by atoms with E-state index in [1.165, 1.54) is 11.3 Å². The third kappa shape index (κ3) is 3.31. The maximum atomic E-state index is 12.2. The Morgan fingerprint density at radius 2 is 2.30 bits per heavy atom. The molecule has 0 saturated carbocycles. The highest BCUT2D eigenvalue weighted by molar-refractivity contribution is 9.10. The summed E-state index contributed by atoms with van der Waals surface area (Å²) in [4.78, 5) is 12.8. The zero-order valence-corrected chi connectivity index (χ0v) is 13.6. The van der Waals surface area contributed by atoms with E-state index in [0.29, 0.717) is 17.0 Å². The van der Waals surface area contributed by atoms with Crippen LogP contribution in [0.25, 0.3) is 10.1 Å². The second kappa shape index (κ2) is 6.56. The van der Waals surface area contributed by atoms with Crippen molar-refractivity contribution in [1.82, 2.24) is 5.32 Å². The van der Waals surface area contributed by atoms with E-state index in [2.05, 4.69) is 21.2 Å². The van der Waals surface area contributed by atoms with Crippen molar-refractivity contribution in [2.45, 2.75) is 25.8 Å². The Morgan fingerprint density at radius 3 is 3.00 bits per heavy atom. The first-order valence-electron chi connectivity index (χ1n) is 6.42. The summed E-state index contributed by atoms with van der Waals surface area (Å²) in [5, 5.41) is 12.6. The second-order valence-electron chi connectivity index (χ2n) is 4.73. The van der Waals surface area contributed by atoms with Crippen LogP contribution in [0.1, 0.15) is 29.4 Å². The summed E-state index contributed by atoms with van der Waals surface area (Å²) >= 11 is 4.81. The number of nitrogens with two attached hydrogens (primary N) is 1. The van der Waals surface area contributed by atoms with Gasteiger partial charge in [0.15, 0.2) is 0 Å². The van der Waals surface area contributed by atoms with Gasteiger partial charge in [-0.15, -0.1) is 11.3 Å². The molecule has 1 heterocycles. The molecule has 2 rings (SSSR count). The number of aliphatic hydroxyl groups excluding tert-OH is 1. The molecule has 20 heavy (non-hydrogen) atoms. The van der Waals surface area contributed by atoms with Crippen LogP contribution in [-0.4, -0.2) is 23.7 Å². The number of rotatable bonds is 5. The lowest BCUT2D eigenvalue weighted by Gasteiger charge is -2.12. The summed E-state index contributed by atoms with van der Waals surface area (Å²) in [5.41, 5.74) is 6.59. The van der Waals surface area contributed by atoms with Crippen LogP contribution in [0.4, 0.5) is 5.69 Å². The van der Waals surface area contributed by atoms with E-state index in [-0.39, 0.29) is 18.6 Å². The largest absolute Gasteiger partial charge is 0.397 e. The third-order valence-corrected chi connectivity index (χ3v) is 4.73. The quantitative estimate of drug-likeness (QED) is 0.770. The van der Waals surface area contributed by atoms with Gasteiger partial charge in [0.2, 0.25) is 0 Å². The molecule has 0 aliphatic rings. The van der Waals surface area contributed by atoms with E-state index >= 15 is 0 Å². The molecule has 0 saturated heterocycles. The summed E-state index contributed by atoms with van der Waals surface area (Å²) in [7, 11) is 0. The van der Waals surface area contributed by atoms with Gasteiger partial charge in [-0.1, -0.05) is 22.0 Å². The number of amides is 1. The van der Waals surface area contributed by atoms with Gasteiger partial charge in [0.25, 0.3) is 5.91 Å². The number of anilines is 1. The second-order valence-corrected chi connectivity index (χ2v) is 6.69. The summed E-state index contributed by atoms with van der Waals surface area (Å²) < 4.78 is 1.96. The molecule has 0 fully saturated rings. The van der Waals surface area contributed by atoms with E-state index < -0.39 is 0 Å². The van der Waals surface area contributed by atoms with E-state index in [0.717, 1.165) is 21.0 Å². The fourth-order valence-corrected chi connectivity index (χ4v) is 3.60. The molecule has 6 heteroatoms. The molecular formula is C14H17BrN2O2S. The molecular weight excluding hydrogens is 340 g/mol. The van der Waals surface area contributed by atoms with Gasteiger partial charge >= 0.3 is 0 Å². The molecule has 108 valence electrons. The zero-order chi connectivity index (χ0) is 14.7. The Bertz CT molecular complexity index is 627. The van der Waals surface area contributed by atoms with Gasteiger partial charge in [-0.3, -0.25) is 4.79 Å². The Morgan fingerprint density at radius 1 is 1.55 bits per heavy atom. The van der Waals surface area contributed by atoms with Crippen molar-refractivity contribution in [3.05, 3.63) is 27.5 Å². The number of carbonyl (C=O) groups excluding carboxylic acids is 1. The predicted octanol–water partition coefficient (Wildman–Crippen LogP) is 3.14. The number of nitrogen functional groups attached to an aromatic ring is 1. The highest BCUT2D eigenvalue weighted by Crippen LogP contribution is 2.35. The minimum Gasteiger partial charge on any atom is -0.397 e. The normalized spacial score (nSPS) is 12.6. The van der Waals surface area contributed by atoms with E-state index in [1.807, 2.05) is 25.1 Å². The van der Waals surface area contributed by atoms with Crippen molar-refractivity contribution in [1.29, 1.82) is 0 Å². The summed E-state index contributed by atoms with van der Waals surface area (Å²) in [6.07, 6.45) is 1.43. The minimum absolute atomic E-state index is 0.0194. The van der Waals surface area contributed by atoms with Gasteiger partial charge in [-0.2, -0.15) is 0 Å². The monoisotopic (exact) mass is 356 g/mol. The third-order valence-electron chi connectivity index (χ3n) is 3.07. The number of aliphatic hydroxyl groups is 1. The van der Waals surface area contributed by atoms with Gasteiger partial charge in [-0.05, 0) is 31.9 Å². The van der Waals surface area contributed by atoms with Crippen LogP contribution in [0.3, 0.4) is 0 Å². The Balaban J connectivity index is 2.20. The fourth-order valence-electron chi connectivity index (χ4n) is 2.02. The van der Waals surface area contributed by atoms with Crippen LogP contribution < -0.4 is 11.1 Å². The van der Waals surface area contributed by atoms with Crippen molar-refractivity contribution in [3.63, 3.8) is 0 Å². The first kappa shape index (κ1) is 15.3. The lowest BCUT2D eigenvalue weighted by atomic mass is 10.2. The molecule has 4 nitrogen and oxygen atoms in total. The molecule has 1 atom stereocenters. The minimum atomic E-state index is -0.148. The van der Waals surface area contributed by atoms with E-state index in [1.54, 1.807) is 0 Å². The van der Waals surface area contributed by atoms with Crippen LogP contribution in [0.2, 0.25) is 0 Å². The number of thiophene rings is 1. The lowest BCUT2D eigenvalue weighted by Crippen LogP contribution is -2.32. The van der Waals surface area contributed by atoms with Crippen LogP contribution in [0.5, 0.6) is 0 Å². The number of fused-ring (bicyclic) bond motifs is 1. The van der Waals surface area contributed by atoms with Crippen molar-refractivity contribution in [2.24, 2.45) is 0 Å². The maximum absolute atomic E-state index is 12.2. The predicted molar refractivity (Wildman–Crippen MR) is 87.2 cm³/mol. The number of halogens is 1. The van der Waals surface area contributed by atoms with Crippen molar-refractivity contribution < 1.29 is 9.90 Å². The van der Waals surface area contributed by atoms with Crippen LogP contribution in [-0.2, 0) is 0 Å². The number of benzene rings is 1. The van der Waals surface area contributed by atoms with Crippen LogP contribution >= 0.6 is 27.3 Å². The number of hydrogen-bond donors (Lipinski definition) is 3. The highest BCUT2D eigenvalue weighted by atomic mass is 79.9. The standard InChI is InChI=1S/C14H17BrN2O2S/c1-8(3-2-6-18)17-14(19)13-12(16)10-5-4-9(15)7-11(10)20-13/h4-5,7-8,18H,2-3,6,16H2,1H3,(H,17,19). The Kier molecular flexibility index (Phi) is 5.01. The van der Waals surface area contributed by atoms with Crippen molar-refractivity contribution in [3.8, 4) is 0 Å². The molecule has 4 N–H and O–H groups in total. The molecule has 0 radical (unpaired) electrons. The summed E-state index contributed by atoms with van der Waals surface area (Å²) in [6.45, 7) is 2.06. The molecule has 0 aliphatic carbocycles. The van der Waals surface area contributed by atoms with Gasteiger partial charge in [0.1, 0.15) is 4.88 Å². The van der Waals surface area contributed by atoms with Gasteiger partial charge in [-0.25, -0.2) is 0 Å². The first-order valence-corrected chi connectivity index (χ1v) is 8.03. The number of hydrogen-bond acceptors (Lipinski definition) is 4. The van der Waals surface area contributed by atoms with E-state index in [4.69, 9.17) is 10.8 Å². The zero-order valence-electron chi connectivity index (χ0n) is 11.1.